The van der Waals surface area contributed by atoms with E-state index >= 15 is 0 Å². The molecule has 0 saturated carbocycles. The Morgan fingerprint density at radius 3 is 3.19 bits per heavy atom. The number of fused-ring (bicyclic) bond motifs is 1. The molecule has 3 rings (SSSR count). The highest BCUT2D eigenvalue weighted by Crippen LogP contribution is 2.26. The van der Waals surface area contributed by atoms with Crippen LogP contribution in [0.25, 0.3) is 11.0 Å². The first-order valence-electron chi connectivity index (χ1n) is 5.64. The molecule has 2 aromatic rings. The molecule has 4 nitrogen and oxygen atoms in total. The van der Waals surface area contributed by atoms with Crippen molar-refractivity contribution in [1.82, 2.24) is 9.97 Å². The fourth-order valence-corrected chi connectivity index (χ4v) is 2.22. The van der Waals surface area contributed by atoms with E-state index < -0.39 is 0 Å². The number of ether oxygens (including phenoxy) is 1. The standard InChI is InChI=1S/C12H15N3O/c13-6-8-2-1-3-10-11(8)15-12(14-10)9-4-5-16-7-9/h1-3,9H,4-7,13H2,(H,14,15). The second kappa shape index (κ2) is 3.88. The summed E-state index contributed by atoms with van der Waals surface area (Å²) in [6, 6.07) is 6.08. The molecule has 1 unspecified atom stereocenters. The van der Waals surface area contributed by atoms with Crippen LogP contribution in [0.4, 0.5) is 0 Å². The number of rotatable bonds is 2. The Morgan fingerprint density at radius 2 is 2.44 bits per heavy atom. The fraction of sp³-hybridized carbons (Fsp3) is 0.417. The van der Waals surface area contributed by atoms with Gasteiger partial charge in [-0.3, -0.25) is 0 Å². The van der Waals surface area contributed by atoms with Crippen molar-refractivity contribution in [3.63, 3.8) is 0 Å². The van der Waals surface area contributed by atoms with Gasteiger partial charge in [0.05, 0.1) is 17.6 Å². The minimum absolute atomic E-state index is 0.415. The van der Waals surface area contributed by atoms with Crippen LogP contribution < -0.4 is 5.73 Å². The van der Waals surface area contributed by atoms with Crippen LogP contribution in [0.15, 0.2) is 18.2 Å². The second-order valence-corrected chi connectivity index (χ2v) is 4.20. The number of imidazole rings is 1. The average Bonchev–Trinajstić information content (AvgIpc) is 2.96. The largest absolute Gasteiger partial charge is 0.381 e. The van der Waals surface area contributed by atoms with Crippen LogP contribution in [-0.4, -0.2) is 23.2 Å². The number of hydrogen-bond acceptors (Lipinski definition) is 3. The molecule has 0 radical (unpaired) electrons. The average molecular weight is 217 g/mol. The predicted molar refractivity (Wildman–Crippen MR) is 62.2 cm³/mol. The van der Waals surface area contributed by atoms with E-state index in [-0.39, 0.29) is 0 Å². The van der Waals surface area contributed by atoms with Crippen molar-refractivity contribution in [2.75, 3.05) is 13.2 Å². The SMILES string of the molecule is NCc1cccc2[nH]c(C3CCOC3)nc12. The van der Waals surface area contributed by atoms with Crippen molar-refractivity contribution in [1.29, 1.82) is 0 Å². The zero-order chi connectivity index (χ0) is 11.0. The minimum atomic E-state index is 0.415. The molecule has 3 N–H and O–H groups in total. The summed E-state index contributed by atoms with van der Waals surface area (Å²) in [5.41, 5.74) is 8.88. The quantitative estimate of drug-likeness (QED) is 0.801. The number of benzene rings is 1. The van der Waals surface area contributed by atoms with Crippen LogP contribution in [0.2, 0.25) is 0 Å². The molecule has 0 aliphatic carbocycles. The molecule has 1 atom stereocenters. The minimum Gasteiger partial charge on any atom is -0.381 e. The molecule has 1 aromatic carbocycles. The van der Waals surface area contributed by atoms with Crippen LogP contribution in [0.5, 0.6) is 0 Å². The monoisotopic (exact) mass is 217 g/mol. The Balaban J connectivity index is 2.07. The molecule has 1 aliphatic heterocycles. The van der Waals surface area contributed by atoms with Gasteiger partial charge in [-0.1, -0.05) is 12.1 Å². The maximum absolute atomic E-state index is 5.70. The summed E-state index contributed by atoms with van der Waals surface area (Å²) in [5, 5.41) is 0. The lowest BCUT2D eigenvalue weighted by Gasteiger charge is -2.00. The molecular formula is C12H15N3O. The van der Waals surface area contributed by atoms with E-state index in [0.717, 1.165) is 42.1 Å². The van der Waals surface area contributed by atoms with Gasteiger partial charge in [0.1, 0.15) is 5.82 Å². The summed E-state index contributed by atoms with van der Waals surface area (Å²) in [7, 11) is 0. The van der Waals surface area contributed by atoms with Crippen LogP contribution in [0, 0.1) is 0 Å². The van der Waals surface area contributed by atoms with Gasteiger partial charge in [-0.05, 0) is 18.1 Å². The molecule has 4 heteroatoms. The summed E-state index contributed by atoms with van der Waals surface area (Å²) >= 11 is 0. The van der Waals surface area contributed by atoms with Gasteiger partial charge in [-0.25, -0.2) is 4.98 Å². The molecule has 16 heavy (non-hydrogen) atoms. The van der Waals surface area contributed by atoms with Crippen molar-refractivity contribution in [3.8, 4) is 0 Å². The second-order valence-electron chi connectivity index (χ2n) is 4.20. The van der Waals surface area contributed by atoms with Crippen molar-refractivity contribution in [3.05, 3.63) is 29.6 Å². The van der Waals surface area contributed by atoms with E-state index in [4.69, 9.17) is 10.5 Å². The van der Waals surface area contributed by atoms with Gasteiger partial charge >= 0.3 is 0 Å². The first-order chi connectivity index (χ1) is 7.88. The van der Waals surface area contributed by atoms with Crippen LogP contribution in [0.1, 0.15) is 23.7 Å². The molecule has 0 bridgehead atoms. The van der Waals surface area contributed by atoms with E-state index in [1.54, 1.807) is 0 Å². The number of nitrogens with two attached hydrogens (primary N) is 1. The van der Waals surface area contributed by atoms with E-state index in [1.807, 2.05) is 18.2 Å². The number of aromatic amines is 1. The van der Waals surface area contributed by atoms with Crippen molar-refractivity contribution < 1.29 is 4.74 Å². The fourth-order valence-electron chi connectivity index (χ4n) is 2.22. The maximum atomic E-state index is 5.70. The molecule has 1 fully saturated rings. The first kappa shape index (κ1) is 9.81. The summed E-state index contributed by atoms with van der Waals surface area (Å²) < 4.78 is 5.38. The van der Waals surface area contributed by atoms with Gasteiger partial charge in [-0.2, -0.15) is 0 Å². The van der Waals surface area contributed by atoms with Gasteiger partial charge in [0, 0.05) is 19.1 Å². The lowest BCUT2D eigenvalue weighted by Crippen LogP contribution is -2.00. The Bertz CT molecular complexity index is 500. The summed E-state index contributed by atoms with van der Waals surface area (Å²) in [6.45, 7) is 2.14. The third-order valence-corrected chi connectivity index (χ3v) is 3.15. The Morgan fingerprint density at radius 1 is 1.50 bits per heavy atom. The molecule has 1 aromatic heterocycles. The van der Waals surface area contributed by atoms with Crippen LogP contribution >= 0.6 is 0 Å². The van der Waals surface area contributed by atoms with Crippen molar-refractivity contribution >= 4 is 11.0 Å². The van der Waals surface area contributed by atoms with Crippen molar-refractivity contribution in [2.24, 2.45) is 5.73 Å². The third-order valence-electron chi connectivity index (χ3n) is 3.15. The number of aromatic nitrogens is 2. The van der Waals surface area contributed by atoms with E-state index in [9.17, 15) is 0 Å². The smallest absolute Gasteiger partial charge is 0.112 e. The Hall–Kier alpha value is -1.39. The van der Waals surface area contributed by atoms with Gasteiger partial charge < -0.3 is 15.5 Å². The molecule has 1 saturated heterocycles. The van der Waals surface area contributed by atoms with E-state index in [2.05, 4.69) is 9.97 Å². The summed E-state index contributed by atoms with van der Waals surface area (Å²) in [5.74, 6) is 1.45. The van der Waals surface area contributed by atoms with Crippen LogP contribution in [0.3, 0.4) is 0 Å². The molecule has 0 spiro atoms. The van der Waals surface area contributed by atoms with Gasteiger partial charge in [0.2, 0.25) is 0 Å². The lowest BCUT2D eigenvalue weighted by molar-refractivity contribution is 0.193. The van der Waals surface area contributed by atoms with E-state index in [1.165, 1.54) is 0 Å². The molecular weight excluding hydrogens is 202 g/mol. The van der Waals surface area contributed by atoms with E-state index in [0.29, 0.717) is 12.5 Å². The molecule has 0 amide bonds. The number of H-pyrrole nitrogens is 1. The Kier molecular flexibility index (Phi) is 2.38. The zero-order valence-corrected chi connectivity index (χ0v) is 9.07. The predicted octanol–water partition coefficient (Wildman–Crippen LogP) is 1.53. The van der Waals surface area contributed by atoms with Crippen molar-refractivity contribution in [2.45, 2.75) is 18.9 Å². The van der Waals surface area contributed by atoms with Crippen LogP contribution in [-0.2, 0) is 11.3 Å². The molecule has 2 heterocycles. The highest BCUT2D eigenvalue weighted by Gasteiger charge is 2.21. The van der Waals surface area contributed by atoms with Gasteiger partial charge in [0.15, 0.2) is 0 Å². The number of nitrogens with zero attached hydrogens (tertiary/aromatic N) is 1. The third kappa shape index (κ3) is 1.50. The number of para-hydroxylation sites is 1. The lowest BCUT2D eigenvalue weighted by atomic mass is 10.1. The highest BCUT2D eigenvalue weighted by atomic mass is 16.5. The van der Waals surface area contributed by atoms with Gasteiger partial charge in [-0.15, -0.1) is 0 Å². The Labute approximate surface area is 93.8 Å². The maximum Gasteiger partial charge on any atom is 0.112 e. The topological polar surface area (TPSA) is 63.9 Å². The molecule has 1 aliphatic rings. The van der Waals surface area contributed by atoms with Gasteiger partial charge in [0.25, 0.3) is 0 Å². The summed E-state index contributed by atoms with van der Waals surface area (Å²) in [4.78, 5) is 8.02. The number of nitrogens with one attached hydrogen (secondary N) is 1. The highest BCUT2D eigenvalue weighted by molar-refractivity contribution is 5.78. The zero-order valence-electron chi connectivity index (χ0n) is 9.07. The molecule has 84 valence electrons. The number of hydrogen-bond donors (Lipinski definition) is 2. The summed E-state index contributed by atoms with van der Waals surface area (Å²) in [6.07, 6.45) is 1.05. The first-order valence-corrected chi connectivity index (χ1v) is 5.64. The normalized spacial score (nSPS) is 20.7.